The summed E-state index contributed by atoms with van der Waals surface area (Å²) in [7, 11) is 1.96. The van der Waals surface area contributed by atoms with Crippen LogP contribution in [-0.4, -0.2) is 44.2 Å². The average Bonchev–Trinajstić information content (AvgIpc) is 2.37. The first kappa shape index (κ1) is 15.4. The van der Waals surface area contributed by atoms with Crippen molar-refractivity contribution in [2.45, 2.75) is 6.18 Å². The number of carbonyl (C=O) groups excluding carboxylic acids is 1. The van der Waals surface area contributed by atoms with E-state index >= 15 is 0 Å². The number of halogens is 3. The summed E-state index contributed by atoms with van der Waals surface area (Å²) in [4.78, 5) is 14.8. The fraction of sp³-hybridized carbons (Fsp3) is 0.462. The van der Waals surface area contributed by atoms with Crippen molar-refractivity contribution in [2.24, 2.45) is 5.73 Å². The maximum atomic E-state index is 12.9. The highest BCUT2D eigenvalue weighted by molar-refractivity contribution is 5.88. The van der Waals surface area contributed by atoms with E-state index < -0.39 is 17.8 Å². The van der Waals surface area contributed by atoms with Crippen LogP contribution in [-0.2, 0) is 6.18 Å². The monoisotopic (exact) mass is 302 g/mol. The van der Waals surface area contributed by atoms with Gasteiger partial charge in [0, 0.05) is 37.6 Å². The lowest BCUT2D eigenvalue weighted by molar-refractivity contribution is -0.137. The van der Waals surface area contributed by atoms with Crippen LogP contribution in [0.3, 0.4) is 0 Å². The number of anilines is 2. The van der Waals surface area contributed by atoms with Crippen LogP contribution in [0.2, 0.25) is 0 Å². The van der Waals surface area contributed by atoms with E-state index in [-0.39, 0.29) is 5.69 Å². The summed E-state index contributed by atoms with van der Waals surface area (Å²) in [5.41, 5.74) is 4.66. The number of benzene rings is 1. The van der Waals surface area contributed by atoms with Gasteiger partial charge in [-0.25, -0.2) is 4.79 Å². The Labute approximate surface area is 120 Å². The van der Waals surface area contributed by atoms with Gasteiger partial charge < -0.3 is 20.9 Å². The lowest BCUT2D eigenvalue weighted by atomic mass is 10.1. The number of nitrogens with two attached hydrogens (primary N) is 1. The molecule has 8 heteroatoms. The van der Waals surface area contributed by atoms with Crippen molar-refractivity contribution < 1.29 is 18.0 Å². The van der Waals surface area contributed by atoms with E-state index in [1.807, 2.05) is 11.9 Å². The molecule has 1 aliphatic rings. The van der Waals surface area contributed by atoms with Crippen molar-refractivity contribution in [1.29, 1.82) is 0 Å². The molecule has 0 radical (unpaired) electrons. The number of hydrogen-bond donors (Lipinski definition) is 2. The molecule has 0 aliphatic carbocycles. The van der Waals surface area contributed by atoms with Gasteiger partial charge in [-0.3, -0.25) is 0 Å². The van der Waals surface area contributed by atoms with Gasteiger partial charge in [-0.15, -0.1) is 0 Å². The molecule has 2 amide bonds. The second-order valence-corrected chi connectivity index (χ2v) is 5.05. The zero-order valence-corrected chi connectivity index (χ0v) is 11.6. The number of primary amides is 1. The Hall–Kier alpha value is -1.96. The average molecular weight is 302 g/mol. The largest absolute Gasteiger partial charge is 0.416 e. The highest BCUT2D eigenvalue weighted by Gasteiger charge is 2.32. The van der Waals surface area contributed by atoms with Crippen LogP contribution in [0.15, 0.2) is 18.2 Å². The Bertz CT molecular complexity index is 525. The maximum Gasteiger partial charge on any atom is 0.416 e. The molecule has 1 aromatic carbocycles. The molecule has 0 spiro atoms. The van der Waals surface area contributed by atoms with Crippen molar-refractivity contribution in [1.82, 2.24) is 4.90 Å². The van der Waals surface area contributed by atoms with E-state index in [2.05, 4.69) is 10.2 Å². The van der Waals surface area contributed by atoms with Crippen LogP contribution >= 0.6 is 0 Å². The van der Waals surface area contributed by atoms with Gasteiger partial charge in [-0.05, 0) is 25.2 Å². The van der Waals surface area contributed by atoms with Crippen LogP contribution in [0.1, 0.15) is 5.56 Å². The van der Waals surface area contributed by atoms with E-state index in [9.17, 15) is 18.0 Å². The maximum absolute atomic E-state index is 12.9. The standard InChI is InChI=1S/C13H17F3N4O/c1-19-2-4-20(5-3-19)11-7-9(13(14,15)16)6-10(8-11)18-12(17)21/h6-8H,2-5H2,1H3,(H3,17,18,21). The van der Waals surface area contributed by atoms with Gasteiger partial charge in [0.2, 0.25) is 0 Å². The Morgan fingerprint density at radius 1 is 1.19 bits per heavy atom. The van der Waals surface area contributed by atoms with Crippen LogP contribution in [0, 0.1) is 0 Å². The fourth-order valence-corrected chi connectivity index (χ4v) is 2.24. The molecule has 116 valence electrons. The highest BCUT2D eigenvalue weighted by Crippen LogP contribution is 2.34. The Morgan fingerprint density at radius 3 is 2.33 bits per heavy atom. The zero-order valence-electron chi connectivity index (χ0n) is 11.6. The van der Waals surface area contributed by atoms with Gasteiger partial charge in [-0.1, -0.05) is 0 Å². The molecule has 21 heavy (non-hydrogen) atoms. The molecule has 0 aromatic heterocycles. The van der Waals surface area contributed by atoms with Gasteiger partial charge >= 0.3 is 12.2 Å². The quantitative estimate of drug-likeness (QED) is 0.878. The number of urea groups is 1. The minimum absolute atomic E-state index is 0.0475. The molecule has 1 saturated heterocycles. The molecule has 0 saturated carbocycles. The molecule has 1 fully saturated rings. The van der Waals surface area contributed by atoms with E-state index in [0.717, 1.165) is 25.2 Å². The number of likely N-dealkylation sites (N-methyl/N-ethyl adjacent to an activating group) is 1. The summed E-state index contributed by atoms with van der Waals surface area (Å²) in [6.45, 7) is 2.81. The summed E-state index contributed by atoms with van der Waals surface area (Å²) in [6, 6.07) is 2.59. The number of rotatable bonds is 2. The lowest BCUT2D eigenvalue weighted by Gasteiger charge is -2.34. The van der Waals surface area contributed by atoms with Crippen LogP contribution in [0.25, 0.3) is 0 Å². The molecule has 0 bridgehead atoms. The van der Waals surface area contributed by atoms with Gasteiger partial charge in [0.15, 0.2) is 0 Å². The van der Waals surface area contributed by atoms with Gasteiger partial charge in [0.25, 0.3) is 0 Å². The van der Waals surface area contributed by atoms with E-state index in [4.69, 9.17) is 5.73 Å². The summed E-state index contributed by atoms with van der Waals surface area (Å²) in [5.74, 6) is 0. The van der Waals surface area contributed by atoms with Crippen molar-refractivity contribution in [3.8, 4) is 0 Å². The third kappa shape index (κ3) is 4.01. The smallest absolute Gasteiger partial charge is 0.369 e. The Morgan fingerprint density at radius 2 is 1.81 bits per heavy atom. The SMILES string of the molecule is CN1CCN(c2cc(NC(N)=O)cc(C(F)(F)F)c2)CC1. The highest BCUT2D eigenvalue weighted by atomic mass is 19.4. The van der Waals surface area contributed by atoms with Gasteiger partial charge in [0.1, 0.15) is 0 Å². The number of amides is 2. The van der Waals surface area contributed by atoms with Crippen LogP contribution in [0.4, 0.5) is 29.3 Å². The van der Waals surface area contributed by atoms with Crippen LogP contribution in [0.5, 0.6) is 0 Å². The number of alkyl halides is 3. The van der Waals surface area contributed by atoms with Crippen LogP contribution < -0.4 is 16.0 Å². The first-order valence-electron chi connectivity index (χ1n) is 6.48. The Kier molecular flexibility index (Phi) is 4.26. The van der Waals surface area contributed by atoms with E-state index in [0.29, 0.717) is 18.8 Å². The topological polar surface area (TPSA) is 61.6 Å². The third-order valence-electron chi connectivity index (χ3n) is 3.38. The summed E-state index contributed by atoms with van der Waals surface area (Å²) < 4.78 is 38.8. The lowest BCUT2D eigenvalue weighted by Crippen LogP contribution is -2.44. The Balaban J connectivity index is 2.33. The molecule has 5 nitrogen and oxygen atoms in total. The molecule has 0 unspecified atom stereocenters. The third-order valence-corrected chi connectivity index (χ3v) is 3.38. The molecule has 2 rings (SSSR count). The predicted octanol–water partition coefficient (Wildman–Crippen LogP) is 1.95. The van der Waals surface area contributed by atoms with Crippen molar-refractivity contribution >= 4 is 17.4 Å². The summed E-state index contributed by atoms with van der Waals surface area (Å²) in [5, 5.41) is 2.21. The fourth-order valence-electron chi connectivity index (χ4n) is 2.24. The molecule has 1 aliphatic heterocycles. The van der Waals surface area contributed by atoms with Crippen molar-refractivity contribution in [3.63, 3.8) is 0 Å². The second-order valence-electron chi connectivity index (χ2n) is 5.05. The van der Waals surface area contributed by atoms with Crippen molar-refractivity contribution in [3.05, 3.63) is 23.8 Å². The second kappa shape index (κ2) is 5.80. The number of carbonyl (C=O) groups is 1. The normalized spacial score (nSPS) is 16.9. The molecule has 3 N–H and O–H groups in total. The number of nitrogens with zero attached hydrogens (tertiary/aromatic N) is 2. The number of nitrogens with one attached hydrogen (secondary N) is 1. The molecular weight excluding hydrogens is 285 g/mol. The predicted molar refractivity (Wildman–Crippen MR) is 74.4 cm³/mol. The first-order valence-corrected chi connectivity index (χ1v) is 6.48. The van der Waals surface area contributed by atoms with E-state index in [1.54, 1.807) is 0 Å². The van der Waals surface area contributed by atoms with Gasteiger partial charge in [0.05, 0.1) is 5.56 Å². The number of hydrogen-bond acceptors (Lipinski definition) is 3. The van der Waals surface area contributed by atoms with Crippen molar-refractivity contribution in [2.75, 3.05) is 43.4 Å². The molecule has 0 atom stereocenters. The minimum Gasteiger partial charge on any atom is -0.369 e. The molecule has 1 heterocycles. The van der Waals surface area contributed by atoms with Gasteiger partial charge in [-0.2, -0.15) is 13.2 Å². The number of piperazine rings is 1. The zero-order chi connectivity index (χ0) is 15.6. The van der Waals surface area contributed by atoms with E-state index in [1.165, 1.54) is 6.07 Å². The first-order chi connectivity index (χ1) is 9.75. The summed E-state index contributed by atoms with van der Waals surface area (Å²) in [6.07, 6.45) is -4.48. The molecule has 1 aromatic rings. The molecular formula is C13H17F3N4O. The summed E-state index contributed by atoms with van der Waals surface area (Å²) >= 11 is 0. The minimum atomic E-state index is -4.48.